The third-order valence-electron chi connectivity index (χ3n) is 2.64. The molecule has 0 aliphatic heterocycles. The first-order chi connectivity index (χ1) is 8.66. The van der Waals surface area contributed by atoms with Crippen molar-refractivity contribution in [3.8, 4) is 0 Å². The fourth-order valence-electron chi connectivity index (χ4n) is 1.60. The topological polar surface area (TPSA) is 51.0 Å². The summed E-state index contributed by atoms with van der Waals surface area (Å²) in [5, 5.41) is 8.04. The van der Waals surface area contributed by atoms with Gasteiger partial charge in [0.25, 0.3) is 0 Å². The molecule has 96 valence electrons. The molecule has 1 N–H and O–H groups in total. The summed E-state index contributed by atoms with van der Waals surface area (Å²) in [6.07, 6.45) is 2.10. The van der Waals surface area contributed by atoms with Gasteiger partial charge in [-0.25, -0.2) is 0 Å². The average Bonchev–Trinajstić information content (AvgIpc) is 2.85. The molecule has 0 fully saturated rings. The molecule has 2 rings (SSSR count). The highest BCUT2D eigenvalue weighted by atomic mass is 35.5. The van der Waals surface area contributed by atoms with Gasteiger partial charge in [0.1, 0.15) is 0 Å². The summed E-state index contributed by atoms with van der Waals surface area (Å²) in [7, 11) is 0. The fraction of sp³-hybridized carbons (Fsp3) is 0.333. The Balaban J connectivity index is 1.87. The van der Waals surface area contributed by atoms with Crippen LogP contribution in [0.5, 0.6) is 0 Å². The lowest BCUT2D eigenvalue weighted by Gasteiger charge is -2.14. The van der Waals surface area contributed by atoms with Gasteiger partial charge >= 0.3 is 0 Å². The summed E-state index contributed by atoms with van der Waals surface area (Å²) in [4.78, 5) is 3.96. The first-order valence-electron chi connectivity index (χ1n) is 5.60. The second kappa shape index (κ2) is 6.18. The highest BCUT2D eigenvalue weighted by molar-refractivity contribution is 6.42. The van der Waals surface area contributed by atoms with Crippen LogP contribution in [0.3, 0.4) is 0 Å². The molecule has 1 aromatic carbocycles. The molecular formula is C12H13Cl2N3O. The van der Waals surface area contributed by atoms with Crippen molar-refractivity contribution in [1.82, 2.24) is 15.5 Å². The minimum absolute atomic E-state index is 0.183. The second-order valence-electron chi connectivity index (χ2n) is 3.93. The van der Waals surface area contributed by atoms with E-state index in [9.17, 15) is 0 Å². The van der Waals surface area contributed by atoms with Gasteiger partial charge in [-0.1, -0.05) is 34.4 Å². The Labute approximate surface area is 115 Å². The molecule has 1 aromatic heterocycles. The fourth-order valence-corrected chi connectivity index (χ4v) is 1.91. The Bertz CT molecular complexity index is 502. The van der Waals surface area contributed by atoms with E-state index in [1.165, 1.54) is 6.33 Å². The van der Waals surface area contributed by atoms with Crippen molar-refractivity contribution in [3.63, 3.8) is 0 Å². The average molecular weight is 286 g/mol. The van der Waals surface area contributed by atoms with Crippen LogP contribution in [-0.2, 0) is 6.42 Å². The molecule has 18 heavy (non-hydrogen) atoms. The van der Waals surface area contributed by atoms with Crippen LogP contribution in [0.25, 0.3) is 0 Å². The van der Waals surface area contributed by atoms with Crippen molar-refractivity contribution in [1.29, 1.82) is 0 Å². The van der Waals surface area contributed by atoms with Crippen molar-refractivity contribution >= 4 is 23.2 Å². The van der Waals surface area contributed by atoms with Crippen molar-refractivity contribution in [3.05, 3.63) is 46.0 Å². The quantitative estimate of drug-likeness (QED) is 0.916. The molecule has 1 heterocycles. The van der Waals surface area contributed by atoms with Gasteiger partial charge < -0.3 is 9.84 Å². The molecule has 0 aliphatic carbocycles. The van der Waals surface area contributed by atoms with E-state index >= 15 is 0 Å². The minimum atomic E-state index is 0.183. The van der Waals surface area contributed by atoms with Gasteiger partial charge in [-0.05, 0) is 24.6 Å². The molecule has 0 aliphatic rings. The van der Waals surface area contributed by atoms with E-state index in [1.54, 1.807) is 6.07 Å². The van der Waals surface area contributed by atoms with Gasteiger partial charge in [0.15, 0.2) is 6.33 Å². The van der Waals surface area contributed by atoms with Crippen LogP contribution in [0.15, 0.2) is 29.0 Å². The Hall–Kier alpha value is -1.10. The molecule has 0 bridgehead atoms. The molecule has 0 spiro atoms. The summed E-state index contributed by atoms with van der Waals surface area (Å²) in [6.45, 7) is 2.82. The number of nitrogens with zero attached hydrogens (tertiary/aromatic N) is 2. The van der Waals surface area contributed by atoms with Crippen LogP contribution in [0, 0.1) is 0 Å². The molecule has 1 atom stereocenters. The second-order valence-corrected chi connectivity index (χ2v) is 4.75. The Morgan fingerprint density at radius 3 is 2.83 bits per heavy atom. The third kappa shape index (κ3) is 3.45. The van der Waals surface area contributed by atoms with E-state index in [-0.39, 0.29) is 6.04 Å². The number of benzene rings is 1. The zero-order chi connectivity index (χ0) is 13.0. The molecule has 6 heteroatoms. The van der Waals surface area contributed by atoms with E-state index in [2.05, 4.69) is 22.4 Å². The maximum absolute atomic E-state index is 5.98. The van der Waals surface area contributed by atoms with Gasteiger partial charge in [0.05, 0.1) is 10.0 Å². The van der Waals surface area contributed by atoms with Crippen LogP contribution in [-0.4, -0.2) is 16.7 Å². The molecule has 0 saturated heterocycles. The van der Waals surface area contributed by atoms with Crippen LogP contribution in [0.2, 0.25) is 10.0 Å². The number of rotatable bonds is 5. The molecule has 2 aromatic rings. The number of nitrogens with one attached hydrogen (secondary N) is 1. The number of hydrogen-bond acceptors (Lipinski definition) is 4. The maximum atomic E-state index is 5.98. The number of hydrogen-bond donors (Lipinski definition) is 1. The Kier molecular flexibility index (Phi) is 4.58. The van der Waals surface area contributed by atoms with Crippen LogP contribution < -0.4 is 5.32 Å². The molecule has 4 nitrogen and oxygen atoms in total. The standard InChI is InChI=1S/C12H13Cl2N3O/c1-8(9-2-3-10(13)11(14)6-9)15-5-4-12-16-7-17-18-12/h2-3,6-8,15H,4-5H2,1H3. The predicted molar refractivity (Wildman–Crippen MR) is 70.9 cm³/mol. The maximum Gasteiger partial charge on any atom is 0.227 e. The summed E-state index contributed by atoms with van der Waals surface area (Å²) in [5.74, 6) is 0.629. The van der Waals surface area contributed by atoms with Gasteiger partial charge in [-0.15, -0.1) is 0 Å². The van der Waals surface area contributed by atoms with Gasteiger partial charge in [0.2, 0.25) is 5.89 Å². The van der Waals surface area contributed by atoms with E-state index in [0.29, 0.717) is 22.4 Å². The highest BCUT2D eigenvalue weighted by Crippen LogP contribution is 2.25. The summed E-state index contributed by atoms with van der Waals surface area (Å²) in [6, 6.07) is 5.81. The zero-order valence-corrected chi connectivity index (χ0v) is 11.4. The highest BCUT2D eigenvalue weighted by Gasteiger charge is 2.07. The lowest BCUT2D eigenvalue weighted by molar-refractivity contribution is 0.372. The summed E-state index contributed by atoms with van der Waals surface area (Å²) in [5.41, 5.74) is 1.09. The van der Waals surface area contributed by atoms with Crippen molar-refractivity contribution < 1.29 is 4.52 Å². The lowest BCUT2D eigenvalue weighted by Crippen LogP contribution is -2.21. The summed E-state index contributed by atoms with van der Waals surface area (Å²) < 4.78 is 4.92. The van der Waals surface area contributed by atoms with Crippen molar-refractivity contribution in [2.45, 2.75) is 19.4 Å². The molecule has 1 unspecified atom stereocenters. The molecule has 0 radical (unpaired) electrons. The van der Waals surface area contributed by atoms with Crippen LogP contribution >= 0.6 is 23.2 Å². The van der Waals surface area contributed by atoms with Crippen molar-refractivity contribution in [2.75, 3.05) is 6.54 Å². The lowest BCUT2D eigenvalue weighted by atomic mass is 10.1. The van der Waals surface area contributed by atoms with Gasteiger partial charge in [-0.3, -0.25) is 0 Å². The van der Waals surface area contributed by atoms with E-state index < -0.39 is 0 Å². The Morgan fingerprint density at radius 1 is 1.33 bits per heavy atom. The first kappa shape index (κ1) is 13.3. The predicted octanol–water partition coefficient (Wildman–Crippen LogP) is 3.27. The number of aromatic nitrogens is 2. The third-order valence-corrected chi connectivity index (χ3v) is 3.38. The SMILES string of the molecule is CC(NCCc1ncno1)c1ccc(Cl)c(Cl)c1. The summed E-state index contributed by atoms with van der Waals surface area (Å²) >= 11 is 11.9. The molecule has 0 amide bonds. The van der Waals surface area contributed by atoms with E-state index in [0.717, 1.165) is 12.1 Å². The number of halogens is 2. The van der Waals surface area contributed by atoms with Crippen molar-refractivity contribution in [2.24, 2.45) is 0 Å². The normalized spacial score (nSPS) is 12.6. The minimum Gasteiger partial charge on any atom is -0.340 e. The van der Waals surface area contributed by atoms with E-state index in [4.69, 9.17) is 27.7 Å². The first-order valence-corrected chi connectivity index (χ1v) is 6.36. The van der Waals surface area contributed by atoms with Crippen LogP contribution in [0.4, 0.5) is 0 Å². The molecular weight excluding hydrogens is 273 g/mol. The van der Waals surface area contributed by atoms with Gasteiger partial charge in [0, 0.05) is 19.0 Å². The van der Waals surface area contributed by atoms with Crippen LogP contribution in [0.1, 0.15) is 24.4 Å². The smallest absolute Gasteiger partial charge is 0.227 e. The zero-order valence-electron chi connectivity index (χ0n) is 9.86. The van der Waals surface area contributed by atoms with Gasteiger partial charge in [-0.2, -0.15) is 4.98 Å². The monoisotopic (exact) mass is 285 g/mol. The largest absolute Gasteiger partial charge is 0.340 e. The molecule has 0 saturated carbocycles. The Morgan fingerprint density at radius 2 is 2.17 bits per heavy atom. The van der Waals surface area contributed by atoms with E-state index in [1.807, 2.05) is 12.1 Å².